The summed E-state index contributed by atoms with van der Waals surface area (Å²) < 4.78 is 18.4. The van der Waals surface area contributed by atoms with E-state index in [1.807, 2.05) is 0 Å². The number of aromatic nitrogens is 1. The number of thiazole rings is 1. The van der Waals surface area contributed by atoms with Crippen molar-refractivity contribution in [2.24, 2.45) is 0 Å². The zero-order valence-corrected chi connectivity index (χ0v) is 14.4. The molecule has 2 N–H and O–H groups in total. The Labute approximate surface area is 147 Å². The van der Waals surface area contributed by atoms with Crippen molar-refractivity contribution in [2.75, 3.05) is 0 Å². The molecule has 2 aromatic rings. The number of nitrogens with one attached hydrogen (secondary N) is 1. The fraction of sp³-hybridized carbons (Fsp3) is 0.353. The highest BCUT2D eigenvalue weighted by atomic mass is 32.1. The van der Waals surface area contributed by atoms with Gasteiger partial charge in [0.25, 0.3) is 5.91 Å². The molecular formula is C17H17FN2O4S. The number of aliphatic carboxylic acids is 1. The summed E-state index contributed by atoms with van der Waals surface area (Å²) in [7, 11) is 0. The molecule has 0 radical (unpaired) electrons. The third-order valence-corrected chi connectivity index (χ3v) is 5.32. The van der Waals surface area contributed by atoms with Crippen molar-refractivity contribution in [2.45, 2.75) is 38.3 Å². The Balaban J connectivity index is 1.66. The molecule has 6 nitrogen and oxygen atoms in total. The van der Waals surface area contributed by atoms with Crippen molar-refractivity contribution < 1.29 is 23.8 Å². The van der Waals surface area contributed by atoms with Gasteiger partial charge in [0.2, 0.25) is 0 Å². The normalized spacial score (nSPS) is 15.3. The summed E-state index contributed by atoms with van der Waals surface area (Å²) in [5, 5.41) is 12.5. The number of nitrogens with zero attached hydrogens (tertiary/aromatic N) is 1. The molecule has 1 aliphatic rings. The van der Waals surface area contributed by atoms with Crippen LogP contribution in [0.4, 0.5) is 4.39 Å². The van der Waals surface area contributed by atoms with Gasteiger partial charge in [-0.25, -0.2) is 14.2 Å². The fourth-order valence-electron chi connectivity index (χ4n) is 2.60. The van der Waals surface area contributed by atoms with Crippen LogP contribution >= 0.6 is 11.3 Å². The van der Waals surface area contributed by atoms with Gasteiger partial charge in [-0.15, -0.1) is 11.3 Å². The number of hydrogen-bond acceptors (Lipinski definition) is 5. The lowest BCUT2D eigenvalue weighted by Gasteiger charge is -2.38. The number of carboxylic acids is 1. The molecule has 0 spiro atoms. The third kappa shape index (κ3) is 3.63. The van der Waals surface area contributed by atoms with Gasteiger partial charge in [-0.05, 0) is 50.5 Å². The van der Waals surface area contributed by atoms with Crippen LogP contribution in [0.15, 0.2) is 24.3 Å². The van der Waals surface area contributed by atoms with Crippen molar-refractivity contribution >= 4 is 23.2 Å². The van der Waals surface area contributed by atoms with E-state index >= 15 is 0 Å². The molecule has 1 heterocycles. The molecule has 132 valence electrons. The number of hydrogen-bond donors (Lipinski definition) is 2. The molecule has 1 saturated carbocycles. The minimum absolute atomic E-state index is 0.147. The maximum atomic E-state index is 12.9. The summed E-state index contributed by atoms with van der Waals surface area (Å²) in [4.78, 5) is 28.5. The minimum atomic E-state index is -1.15. The van der Waals surface area contributed by atoms with Crippen molar-refractivity contribution in [3.8, 4) is 5.75 Å². The molecule has 8 heteroatoms. The van der Waals surface area contributed by atoms with Gasteiger partial charge in [-0.1, -0.05) is 0 Å². The second-order valence-corrected chi connectivity index (χ2v) is 7.04. The van der Waals surface area contributed by atoms with E-state index in [1.54, 1.807) is 6.92 Å². The molecule has 0 bridgehead atoms. The van der Waals surface area contributed by atoms with Crippen molar-refractivity contribution in [1.29, 1.82) is 0 Å². The second-order valence-electron chi connectivity index (χ2n) is 5.96. The van der Waals surface area contributed by atoms with E-state index in [4.69, 9.17) is 4.74 Å². The molecule has 0 unspecified atom stereocenters. The molecule has 3 rings (SSSR count). The number of carboxylic acid groups (broad SMARTS) is 1. The molecule has 1 amide bonds. The lowest BCUT2D eigenvalue weighted by atomic mass is 9.76. The highest BCUT2D eigenvalue weighted by Crippen LogP contribution is 2.33. The Morgan fingerprint density at radius 2 is 2.04 bits per heavy atom. The number of amides is 1. The maximum absolute atomic E-state index is 12.9. The van der Waals surface area contributed by atoms with Crippen LogP contribution in [0.25, 0.3) is 0 Å². The smallest absolute Gasteiger partial charge is 0.329 e. The number of rotatable bonds is 6. The van der Waals surface area contributed by atoms with E-state index in [1.165, 1.54) is 24.3 Å². The Hall–Kier alpha value is -2.48. The topological polar surface area (TPSA) is 88.5 Å². The van der Waals surface area contributed by atoms with Gasteiger partial charge >= 0.3 is 5.97 Å². The summed E-state index contributed by atoms with van der Waals surface area (Å²) in [6, 6.07) is 5.61. The summed E-state index contributed by atoms with van der Waals surface area (Å²) >= 11 is 1.16. The molecule has 0 aliphatic heterocycles. The van der Waals surface area contributed by atoms with Gasteiger partial charge in [0.15, 0.2) is 0 Å². The van der Waals surface area contributed by atoms with Crippen LogP contribution < -0.4 is 10.1 Å². The summed E-state index contributed by atoms with van der Waals surface area (Å²) in [6.07, 6.45) is 1.66. The summed E-state index contributed by atoms with van der Waals surface area (Å²) in [6.45, 7) is 1.84. The van der Waals surface area contributed by atoms with E-state index in [0.29, 0.717) is 34.2 Å². The predicted octanol–water partition coefficient (Wildman–Crippen LogP) is 2.91. The van der Waals surface area contributed by atoms with E-state index in [9.17, 15) is 19.1 Å². The fourth-order valence-corrected chi connectivity index (χ4v) is 3.47. The Kier molecular flexibility index (Phi) is 4.71. The Bertz CT molecular complexity index is 799. The third-order valence-electron chi connectivity index (χ3n) is 4.19. The first-order valence-electron chi connectivity index (χ1n) is 7.80. The number of benzene rings is 1. The average Bonchev–Trinajstić information content (AvgIpc) is 2.91. The first-order chi connectivity index (χ1) is 11.9. The number of aryl methyl sites for hydroxylation is 1. The van der Waals surface area contributed by atoms with E-state index in [0.717, 1.165) is 17.8 Å². The van der Waals surface area contributed by atoms with Crippen LogP contribution in [0.5, 0.6) is 5.75 Å². The molecule has 1 aromatic heterocycles. The maximum Gasteiger partial charge on any atom is 0.329 e. The van der Waals surface area contributed by atoms with Gasteiger partial charge in [0.05, 0.1) is 5.69 Å². The highest BCUT2D eigenvalue weighted by molar-refractivity contribution is 7.13. The lowest BCUT2D eigenvalue weighted by Crippen LogP contribution is -2.59. The first kappa shape index (κ1) is 17.3. The SMILES string of the molecule is Cc1nc(COc2ccc(F)cc2)sc1C(=O)NC1(C(=O)O)CCC1. The number of halogens is 1. The number of ether oxygens (including phenoxy) is 1. The van der Waals surface area contributed by atoms with Crippen LogP contribution in [0, 0.1) is 12.7 Å². The van der Waals surface area contributed by atoms with Crippen molar-refractivity contribution in [3.63, 3.8) is 0 Å². The van der Waals surface area contributed by atoms with Crippen LogP contribution in [-0.2, 0) is 11.4 Å². The molecular weight excluding hydrogens is 347 g/mol. The largest absolute Gasteiger partial charge is 0.486 e. The summed E-state index contributed by atoms with van der Waals surface area (Å²) in [5.41, 5.74) is -0.627. The summed E-state index contributed by atoms with van der Waals surface area (Å²) in [5.74, 6) is -1.28. The van der Waals surface area contributed by atoms with Crippen molar-refractivity contribution in [1.82, 2.24) is 10.3 Å². The van der Waals surface area contributed by atoms with Crippen LogP contribution in [0.3, 0.4) is 0 Å². The van der Waals surface area contributed by atoms with Gasteiger partial charge in [-0.3, -0.25) is 4.79 Å². The zero-order valence-electron chi connectivity index (χ0n) is 13.5. The van der Waals surface area contributed by atoms with E-state index < -0.39 is 17.4 Å². The van der Waals surface area contributed by atoms with Gasteiger partial charge in [-0.2, -0.15) is 0 Å². The second kappa shape index (κ2) is 6.79. The van der Waals surface area contributed by atoms with Crippen LogP contribution in [0.2, 0.25) is 0 Å². The Morgan fingerprint density at radius 3 is 2.60 bits per heavy atom. The molecule has 0 atom stereocenters. The van der Waals surface area contributed by atoms with Crippen LogP contribution in [0.1, 0.15) is 39.6 Å². The van der Waals surface area contributed by atoms with Gasteiger partial charge in [0.1, 0.15) is 33.6 Å². The van der Waals surface area contributed by atoms with E-state index in [-0.39, 0.29) is 12.4 Å². The average molecular weight is 364 g/mol. The minimum Gasteiger partial charge on any atom is -0.486 e. The molecule has 1 fully saturated rings. The van der Waals surface area contributed by atoms with E-state index in [2.05, 4.69) is 10.3 Å². The van der Waals surface area contributed by atoms with Crippen LogP contribution in [-0.4, -0.2) is 27.5 Å². The van der Waals surface area contributed by atoms with Gasteiger partial charge in [0, 0.05) is 0 Å². The number of carbonyl (C=O) groups excluding carboxylic acids is 1. The predicted molar refractivity (Wildman–Crippen MR) is 89.3 cm³/mol. The highest BCUT2D eigenvalue weighted by Gasteiger charge is 2.46. The lowest BCUT2D eigenvalue weighted by molar-refractivity contribution is -0.148. The Morgan fingerprint density at radius 1 is 1.36 bits per heavy atom. The van der Waals surface area contributed by atoms with Gasteiger partial charge < -0.3 is 15.2 Å². The molecule has 0 saturated heterocycles. The van der Waals surface area contributed by atoms with Crippen molar-refractivity contribution in [3.05, 3.63) is 45.7 Å². The molecule has 25 heavy (non-hydrogen) atoms. The molecule has 1 aliphatic carbocycles. The monoisotopic (exact) mass is 364 g/mol. The quantitative estimate of drug-likeness (QED) is 0.823. The zero-order chi connectivity index (χ0) is 18.0. The standard InChI is InChI=1S/C17H17FN2O4S/c1-10-14(15(21)20-17(16(22)23)7-2-8-17)25-13(19-10)9-24-12-5-3-11(18)4-6-12/h3-6H,2,7-9H2,1H3,(H,20,21)(H,22,23). The number of carbonyl (C=O) groups is 2. The molecule has 1 aromatic carbocycles. The first-order valence-corrected chi connectivity index (χ1v) is 8.62.